The fraction of sp³-hybridized carbons (Fsp3) is 0.500. The molecule has 1 aliphatic heterocycles. The molecule has 0 aromatic heterocycles. The first-order valence-electron chi connectivity index (χ1n) is 5.93. The molecule has 5 nitrogen and oxygen atoms in total. The van der Waals surface area contributed by atoms with Gasteiger partial charge in [-0.05, 0) is 47.1 Å². The molecule has 0 bridgehead atoms. The molecule has 0 aliphatic carbocycles. The Morgan fingerprint density at radius 1 is 1.56 bits per heavy atom. The van der Waals surface area contributed by atoms with Gasteiger partial charge in [-0.1, -0.05) is 6.92 Å². The second-order valence-electron chi connectivity index (χ2n) is 4.77. The van der Waals surface area contributed by atoms with E-state index in [1.54, 1.807) is 6.07 Å². The highest BCUT2D eigenvalue weighted by atomic mass is 127. The fourth-order valence-corrected chi connectivity index (χ4v) is 2.70. The lowest BCUT2D eigenvalue weighted by molar-refractivity contribution is -0.384. The van der Waals surface area contributed by atoms with E-state index in [1.165, 1.54) is 0 Å². The minimum Gasteiger partial charge on any atom is -0.364 e. The molecule has 6 heteroatoms. The van der Waals surface area contributed by atoms with Crippen molar-refractivity contribution < 1.29 is 4.92 Å². The van der Waals surface area contributed by atoms with Crippen LogP contribution in [0.2, 0.25) is 0 Å². The predicted octanol–water partition coefficient (Wildman–Crippen LogP) is 2.37. The van der Waals surface area contributed by atoms with Gasteiger partial charge < -0.3 is 10.6 Å². The molecule has 1 saturated heterocycles. The zero-order chi connectivity index (χ0) is 13.3. The summed E-state index contributed by atoms with van der Waals surface area (Å²) >= 11 is 2.09. The topological polar surface area (TPSA) is 72.4 Å². The van der Waals surface area contributed by atoms with Crippen molar-refractivity contribution in [2.75, 3.05) is 18.0 Å². The highest BCUT2D eigenvalue weighted by molar-refractivity contribution is 14.1. The average molecular weight is 361 g/mol. The first-order chi connectivity index (χ1) is 8.49. The Bertz CT molecular complexity index is 467. The zero-order valence-corrected chi connectivity index (χ0v) is 12.3. The van der Waals surface area contributed by atoms with Crippen molar-refractivity contribution in [3.05, 3.63) is 31.9 Å². The number of anilines is 1. The van der Waals surface area contributed by atoms with Gasteiger partial charge in [-0.2, -0.15) is 0 Å². The minimum atomic E-state index is -0.318. The number of benzene rings is 1. The molecule has 2 atom stereocenters. The molecule has 1 aromatic rings. The third kappa shape index (κ3) is 2.74. The minimum absolute atomic E-state index is 0.0811. The molecule has 2 N–H and O–H groups in total. The fourth-order valence-electron chi connectivity index (χ4n) is 2.23. The van der Waals surface area contributed by atoms with Crippen LogP contribution in [0.1, 0.15) is 13.3 Å². The lowest BCUT2D eigenvalue weighted by atomic mass is 9.94. The molecule has 1 fully saturated rings. The van der Waals surface area contributed by atoms with Gasteiger partial charge in [-0.25, -0.2) is 0 Å². The van der Waals surface area contributed by atoms with Gasteiger partial charge in [0.05, 0.1) is 4.92 Å². The van der Waals surface area contributed by atoms with E-state index >= 15 is 0 Å². The summed E-state index contributed by atoms with van der Waals surface area (Å²) < 4.78 is 0.873. The number of nitro groups is 1. The number of nitrogens with zero attached hydrogens (tertiary/aromatic N) is 2. The average Bonchev–Trinajstić information content (AvgIpc) is 2.32. The molecule has 0 radical (unpaired) electrons. The Balaban J connectivity index is 2.30. The van der Waals surface area contributed by atoms with Gasteiger partial charge in [0, 0.05) is 28.8 Å². The molecule has 1 aromatic carbocycles. The molecular weight excluding hydrogens is 345 g/mol. The summed E-state index contributed by atoms with van der Waals surface area (Å²) in [6.07, 6.45) is 0.976. The summed E-state index contributed by atoms with van der Waals surface area (Å²) in [5, 5.41) is 11.1. The standard InChI is InChI=1S/C12H16IN3O2/c1-8-4-5-15(7-10(8)14)11-3-2-9(13)6-12(11)16(17)18/h2-3,6,8,10H,4-5,7,14H2,1H3. The molecule has 1 heterocycles. The smallest absolute Gasteiger partial charge is 0.293 e. The number of nitrogens with two attached hydrogens (primary N) is 1. The molecule has 98 valence electrons. The van der Waals surface area contributed by atoms with Crippen molar-refractivity contribution >= 4 is 34.0 Å². The van der Waals surface area contributed by atoms with E-state index in [0.29, 0.717) is 18.2 Å². The second kappa shape index (κ2) is 5.40. The van der Waals surface area contributed by atoms with E-state index in [0.717, 1.165) is 16.5 Å². The number of piperidine rings is 1. The van der Waals surface area contributed by atoms with Crippen molar-refractivity contribution in [1.82, 2.24) is 0 Å². The largest absolute Gasteiger partial charge is 0.364 e. The molecule has 0 spiro atoms. The summed E-state index contributed by atoms with van der Waals surface area (Å²) in [5.74, 6) is 0.476. The first-order valence-corrected chi connectivity index (χ1v) is 7.01. The van der Waals surface area contributed by atoms with Crippen LogP contribution in [0.4, 0.5) is 11.4 Å². The van der Waals surface area contributed by atoms with E-state index in [4.69, 9.17) is 5.73 Å². The third-order valence-electron chi connectivity index (χ3n) is 3.49. The van der Waals surface area contributed by atoms with Crippen LogP contribution >= 0.6 is 22.6 Å². The Morgan fingerprint density at radius 3 is 2.89 bits per heavy atom. The van der Waals surface area contributed by atoms with Crippen molar-refractivity contribution in [3.63, 3.8) is 0 Å². The Labute approximate surface area is 120 Å². The van der Waals surface area contributed by atoms with E-state index in [2.05, 4.69) is 29.5 Å². The van der Waals surface area contributed by atoms with Crippen LogP contribution in [-0.4, -0.2) is 24.1 Å². The second-order valence-corrected chi connectivity index (χ2v) is 6.01. The maximum atomic E-state index is 11.1. The van der Waals surface area contributed by atoms with E-state index < -0.39 is 0 Å². The van der Waals surface area contributed by atoms with Gasteiger partial charge >= 0.3 is 0 Å². The summed E-state index contributed by atoms with van der Waals surface area (Å²) in [7, 11) is 0. The highest BCUT2D eigenvalue weighted by Gasteiger charge is 2.27. The van der Waals surface area contributed by atoms with Crippen molar-refractivity contribution in [3.8, 4) is 0 Å². The van der Waals surface area contributed by atoms with Gasteiger partial charge in [0.25, 0.3) is 5.69 Å². The van der Waals surface area contributed by atoms with Crippen LogP contribution in [0.15, 0.2) is 18.2 Å². The van der Waals surface area contributed by atoms with Gasteiger partial charge in [0.15, 0.2) is 0 Å². The highest BCUT2D eigenvalue weighted by Crippen LogP contribution is 2.32. The number of hydrogen-bond acceptors (Lipinski definition) is 4. The van der Waals surface area contributed by atoms with Crippen LogP contribution in [-0.2, 0) is 0 Å². The van der Waals surface area contributed by atoms with Crippen LogP contribution in [0.5, 0.6) is 0 Å². The van der Waals surface area contributed by atoms with Crippen LogP contribution in [0.25, 0.3) is 0 Å². The molecule has 2 unspecified atom stereocenters. The number of nitro benzene ring substituents is 1. The van der Waals surface area contributed by atoms with Crippen molar-refractivity contribution in [2.45, 2.75) is 19.4 Å². The van der Waals surface area contributed by atoms with Crippen molar-refractivity contribution in [1.29, 1.82) is 0 Å². The monoisotopic (exact) mass is 361 g/mol. The zero-order valence-electron chi connectivity index (χ0n) is 10.2. The molecule has 2 rings (SSSR count). The summed E-state index contributed by atoms with van der Waals surface area (Å²) in [6.45, 7) is 3.64. The van der Waals surface area contributed by atoms with Crippen LogP contribution in [0.3, 0.4) is 0 Å². The first kappa shape index (κ1) is 13.5. The lowest BCUT2D eigenvalue weighted by Crippen LogP contribution is -2.47. The molecule has 0 amide bonds. The van der Waals surface area contributed by atoms with Gasteiger partial charge in [-0.3, -0.25) is 10.1 Å². The predicted molar refractivity (Wildman–Crippen MR) is 79.8 cm³/mol. The van der Waals surface area contributed by atoms with E-state index in [9.17, 15) is 10.1 Å². The third-order valence-corrected chi connectivity index (χ3v) is 4.16. The Hall–Kier alpha value is -0.890. The van der Waals surface area contributed by atoms with E-state index in [-0.39, 0.29) is 16.7 Å². The molecular formula is C12H16IN3O2. The van der Waals surface area contributed by atoms with Crippen molar-refractivity contribution in [2.24, 2.45) is 11.7 Å². The molecule has 0 saturated carbocycles. The normalized spacial score (nSPS) is 24.1. The Kier molecular flexibility index (Phi) is 4.06. The van der Waals surface area contributed by atoms with Crippen LogP contribution in [0, 0.1) is 19.6 Å². The van der Waals surface area contributed by atoms with Gasteiger partial charge in [0.1, 0.15) is 5.69 Å². The van der Waals surface area contributed by atoms with E-state index in [1.807, 2.05) is 17.0 Å². The number of rotatable bonds is 2. The summed E-state index contributed by atoms with van der Waals surface area (Å²) in [4.78, 5) is 12.8. The number of halogens is 1. The maximum Gasteiger partial charge on any atom is 0.293 e. The SMILES string of the molecule is CC1CCN(c2ccc(I)cc2[N+](=O)[O-])CC1N. The quantitative estimate of drug-likeness (QED) is 0.499. The molecule has 18 heavy (non-hydrogen) atoms. The lowest BCUT2D eigenvalue weighted by Gasteiger charge is -2.36. The summed E-state index contributed by atoms with van der Waals surface area (Å²) in [6, 6.07) is 5.41. The van der Waals surface area contributed by atoms with Gasteiger partial charge in [-0.15, -0.1) is 0 Å². The van der Waals surface area contributed by atoms with Crippen LogP contribution < -0.4 is 10.6 Å². The maximum absolute atomic E-state index is 11.1. The summed E-state index contributed by atoms with van der Waals surface area (Å²) in [5.41, 5.74) is 6.90. The Morgan fingerprint density at radius 2 is 2.28 bits per heavy atom. The molecule has 1 aliphatic rings. The number of hydrogen-bond donors (Lipinski definition) is 1. The van der Waals surface area contributed by atoms with Gasteiger partial charge in [0.2, 0.25) is 0 Å².